The smallest absolute Gasteiger partial charge is 0.251 e. The van der Waals surface area contributed by atoms with Gasteiger partial charge in [0.05, 0.1) is 17.5 Å². The largest absolute Gasteiger partial charge is 0.350 e. The second-order valence-corrected chi connectivity index (χ2v) is 11.2. The van der Waals surface area contributed by atoms with E-state index in [2.05, 4.69) is 27.8 Å². The zero-order valence-corrected chi connectivity index (χ0v) is 18.4. The number of hydrogen-bond donors (Lipinski definition) is 2. The summed E-state index contributed by atoms with van der Waals surface area (Å²) in [5.41, 5.74) is 2.61. The molecule has 2 aliphatic heterocycles. The molecular weight excluding hydrogens is 418 g/mol. The van der Waals surface area contributed by atoms with Gasteiger partial charge >= 0.3 is 0 Å². The minimum Gasteiger partial charge on any atom is -0.350 e. The van der Waals surface area contributed by atoms with Crippen molar-refractivity contribution in [3.8, 4) is 0 Å². The molecule has 2 aromatic carbocycles. The van der Waals surface area contributed by atoms with E-state index in [-0.39, 0.29) is 34.7 Å². The third-order valence-corrected chi connectivity index (χ3v) is 8.42. The van der Waals surface area contributed by atoms with Gasteiger partial charge in [0.2, 0.25) is 0 Å². The Labute approximate surface area is 181 Å². The molecule has 1 fully saturated rings. The number of sulfone groups is 1. The molecular formula is C22H25N3O3S2. The molecule has 6 nitrogen and oxygen atoms in total. The first-order valence-electron chi connectivity index (χ1n) is 10.0. The van der Waals surface area contributed by atoms with Crippen LogP contribution < -0.4 is 10.6 Å². The van der Waals surface area contributed by atoms with E-state index in [4.69, 9.17) is 0 Å². The second-order valence-electron chi connectivity index (χ2n) is 7.84. The van der Waals surface area contributed by atoms with Gasteiger partial charge in [-0.3, -0.25) is 9.79 Å². The van der Waals surface area contributed by atoms with Gasteiger partial charge in [-0.25, -0.2) is 8.42 Å². The van der Waals surface area contributed by atoms with Crippen LogP contribution in [0.25, 0.3) is 0 Å². The van der Waals surface area contributed by atoms with Gasteiger partial charge in [-0.2, -0.15) is 0 Å². The van der Waals surface area contributed by atoms with Gasteiger partial charge in [0, 0.05) is 22.5 Å². The van der Waals surface area contributed by atoms with Crippen molar-refractivity contribution < 1.29 is 13.2 Å². The molecule has 2 heterocycles. The number of amidine groups is 1. The summed E-state index contributed by atoms with van der Waals surface area (Å²) in [5.74, 6) is 0.197. The van der Waals surface area contributed by atoms with Gasteiger partial charge in [0.1, 0.15) is 0 Å². The molecule has 0 bridgehead atoms. The lowest BCUT2D eigenvalue weighted by molar-refractivity contribution is 0.0938. The number of carbonyl (C=O) groups excluding carboxylic acids is 1. The van der Waals surface area contributed by atoms with Crippen LogP contribution in [0.5, 0.6) is 0 Å². The Bertz CT molecular complexity index is 1050. The highest BCUT2D eigenvalue weighted by Crippen LogP contribution is 2.34. The number of aryl methyl sites for hydroxylation is 1. The number of amides is 1. The number of anilines is 1. The maximum absolute atomic E-state index is 12.6. The number of aliphatic imine (C=N–C) groups is 1. The summed E-state index contributed by atoms with van der Waals surface area (Å²) in [6.45, 7) is 2.01. The Morgan fingerprint density at radius 1 is 1.17 bits per heavy atom. The van der Waals surface area contributed by atoms with Crippen LogP contribution in [0.4, 0.5) is 5.69 Å². The molecule has 0 saturated carbocycles. The lowest BCUT2D eigenvalue weighted by Crippen LogP contribution is -2.32. The molecule has 0 aromatic heterocycles. The molecule has 4 rings (SSSR count). The first-order valence-corrected chi connectivity index (χ1v) is 12.7. The van der Waals surface area contributed by atoms with Gasteiger partial charge < -0.3 is 10.6 Å². The highest BCUT2D eigenvalue weighted by molar-refractivity contribution is 8.15. The van der Waals surface area contributed by atoms with Crippen molar-refractivity contribution in [1.29, 1.82) is 0 Å². The van der Waals surface area contributed by atoms with Crippen LogP contribution in [0, 0.1) is 0 Å². The van der Waals surface area contributed by atoms with Crippen molar-refractivity contribution in [3.05, 3.63) is 65.7 Å². The summed E-state index contributed by atoms with van der Waals surface area (Å²) < 4.78 is 23.4. The average Bonchev–Trinajstić information content (AvgIpc) is 3.19. The maximum atomic E-state index is 12.6. The Kier molecular flexibility index (Phi) is 6.15. The number of nitrogens with one attached hydrogen (secondary N) is 2. The Morgan fingerprint density at radius 2 is 1.97 bits per heavy atom. The first-order chi connectivity index (χ1) is 14.4. The minimum atomic E-state index is -2.96. The summed E-state index contributed by atoms with van der Waals surface area (Å²) in [6.07, 6.45) is 1.78. The first kappa shape index (κ1) is 20.9. The topological polar surface area (TPSA) is 87.6 Å². The van der Waals surface area contributed by atoms with Gasteiger partial charge in [-0.1, -0.05) is 48.2 Å². The predicted molar refractivity (Wildman–Crippen MR) is 123 cm³/mol. The molecule has 0 radical (unpaired) electrons. The summed E-state index contributed by atoms with van der Waals surface area (Å²) >= 11 is 1.47. The molecule has 0 aliphatic carbocycles. The fraction of sp³-hybridized carbons (Fsp3) is 0.364. The normalized spacial score (nSPS) is 22.8. The molecule has 1 amide bonds. The molecule has 158 valence electrons. The third kappa shape index (κ3) is 5.23. The number of thioether (sulfide) groups is 1. The van der Waals surface area contributed by atoms with Gasteiger partial charge in [-0.05, 0) is 43.5 Å². The molecule has 2 N–H and O–H groups in total. The summed E-state index contributed by atoms with van der Waals surface area (Å²) in [4.78, 5) is 17.2. The van der Waals surface area contributed by atoms with E-state index < -0.39 is 9.84 Å². The zero-order valence-electron chi connectivity index (χ0n) is 16.7. The van der Waals surface area contributed by atoms with Crippen LogP contribution in [0.2, 0.25) is 0 Å². The van der Waals surface area contributed by atoms with E-state index in [1.165, 1.54) is 17.3 Å². The van der Waals surface area contributed by atoms with Crippen molar-refractivity contribution in [1.82, 2.24) is 5.32 Å². The molecule has 2 aliphatic rings. The van der Waals surface area contributed by atoms with Crippen LogP contribution >= 0.6 is 11.8 Å². The van der Waals surface area contributed by atoms with Gasteiger partial charge in [-0.15, -0.1) is 0 Å². The van der Waals surface area contributed by atoms with E-state index >= 15 is 0 Å². The monoisotopic (exact) mass is 443 g/mol. The van der Waals surface area contributed by atoms with Crippen LogP contribution in [-0.4, -0.2) is 48.3 Å². The minimum absolute atomic E-state index is 0.00514. The van der Waals surface area contributed by atoms with E-state index in [0.29, 0.717) is 10.7 Å². The lowest BCUT2D eigenvalue weighted by atomic mass is 10.1. The SMILES string of the molecule is C[C@H](CCc1ccccc1)NC(=O)c1cccc(NC2=N[C@@H]3CS(=O)(=O)C[C@H]3S2)c1. The maximum Gasteiger partial charge on any atom is 0.251 e. The molecule has 8 heteroatoms. The fourth-order valence-electron chi connectivity index (χ4n) is 3.68. The number of hydrogen-bond acceptors (Lipinski definition) is 6. The van der Waals surface area contributed by atoms with E-state index in [0.717, 1.165) is 18.5 Å². The Balaban J connectivity index is 1.32. The summed E-state index contributed by atoms with van der Waals surface area (Å²) in [5, 5.41) is 7.00. The Morgan fingerprint density at radius 3 is 2.73 bits per heavy atom. The van der Waals surface area contributed by atoms with Crippen LogP contribution in [0.15, 0.2) is 59.6 Å². The van der Waals surface area contributed by atoms with Crippen molar-refractivity contribution in [2.75, 3.05) is 16.8 Å². The number of fused-ring (bicyclic) bond motifs is 1. The second kappa shape index (κ2) is 8.81. The predicted octanol–water partition coefficient (Wildman–Crippen LogP) is 3.12. The van der Waals surface area contributed by atoms with Crippen molar-refractivity contribution in [3.63, 3.8) is 0 Å². The third-order valence-electron chi connectivity index (χ3n) is 5.28. The molecule has 0 unspecified atom stereocenters. The Hall–Kier alpha value is -2.32. The summed E-state index contributed by atoms with van der Waals surface area (Å²) in [7, 11) is -2.96. The van der Waals surface area contributed by atoms with E-state index in [9.17, 15) is 13.2 Å². The molecule has 3 atom stereocenters. The average molecular weight is 444 g/mol. The molecule has 0 spiro atoms. The number of benzene rings is 2. The molecule has 1 saturated heterocycles. The standard InChI is InChI=1S/C22H25N3O3S2/c1-15(10-11-16-6-3-2-4-7-16)23-21(26)17-8-5-9-18(12-17)24-22-25-19-13-30(27,28)14-20(19)29-22/h2-9,12,15,19-20H,10-11,13-14H2,1H3,(H,23,26)(H,24,25)/t15-,19-,20-/m1/s1. The highest BCUT2D eigenvalue weighted by Gasteiger charge is 2.42. The van der Waals surface area contributed by atoms with Gasteiger partial charge in [0.25, 0.3) is 5.91 Å². The molecule has 30 heavy (non-hydrogen) atoms. The summed E-state index contributed by atoms with van der Waals surface area (Å²) in [6, 6.07) is 17.4. The van der Waals surface area contributed by atoms with Crippen LogP contribution in [-0.2, 0) is 16.3 Å². The zero-order chi connectivity index (χ0) is 21.1. The van der Waals surface area contributed by atoms with Crippen LogP contribution in [0.1, 0.15) is 29.3 Å². The van der Waals surface area contributed by atoms with Crippen LogP contribution in [0.3, 0.4) is 0 Å². The number of nitrogens with zero attached hydrogens (tertiary/aromatic N) is 1. The molecule has 2 aromatic rings. The van der Waals surface area contributed by atoms with Gasteiger partial charge in [0.15, 0.2) is 15.0 Å². The number of rotatable bonds is 6. The highest BCUT2D eigenvalue weighted by atomic mass is 32.2. The fourth-order valence-corrected chi connectivity index (χ4v) is 7.36. The van der Waals surface area contributed by atoms with Crippen molar-refractivity contribution >= 4 is 38.4 Å². The van der Waals surface area contributed by atoms with Crippen molar-refractivity contribution in [2.45, 2.75) is 37.1 Å². The quantitative estimate of drug-likeness (QED) is 0.716. The lowest BCUT2D eigenvalue weighted by Gasteiger charge is -2.15. The van der Waals surface area contributed by atoms with E-state index in [1.807, 2.05) is 37.3 Å². The number of carbonyl (C=O) groups is 1. The van der Waals surface area contributed by atoms with Crippen molar-refractivity contribution in [2.24, 2.45) is 4.99 Å². The van der Waals surface area contributed by atoms with E-state index in [1.54, 1.807) is 12.1 Å².